The topological polar surface area (TPSA) is 44.8 Å². The third kappa shape index (κ3) is 6.61. The van der Waals surface area contributed by atoms with Crippen LogP contribution in [0.25, 0.3) is 0 Å². The van der Waals surface area contributed by atoms with Gasteiger partial charge in [-0.3, -0.25) is 0 Å². The molecule has 0 aliphatic carbocycles. The van der Waals surface area contributed by atoms with Crippen molar-refractivity contribution in [1.29, 1.82) is 0 Å². The Morgan fingerprint density at radius 3 is 2.69 bits per heavy atom. The molecule has 1 aromatic carbocycles. The fourth-order valence-corrected chi connectivity index (χ4v) is 5.13. The van der Waals surface area contributed by atoms with Crippen LogP contribution >= 0.6 is 15.9 Å². The molecule has 2 amide bonds. The highest BCUT2D eigenvalue weighted by Crippen LogP contribution is 2.29. The number of methoxy groups -OCH3 is 1. The van der Waals surface area contributed by atoms with Crippen LogP contribution in [0.3, 0.4) is 0 Å². The van der Waals surface area contributed by atoms with E-state index in [9.17, 15) is 4.79 Å². The number of urea groups is 1. The molecule has 29 heavy (non-hydrogen) atoms. The van der Waals surface area contributed by atoms with E-state index in [-0.39, 0.29) is 6.03 Å². The van der Waals surface area contributed by atoms with Crippen molar-refractivity contribution in [3.8, 4) is 5.75 Å². The average molecular weight is 466 g/mol. The van der Waals surface area contributed by atoms with Crippen LogP contribution in [0.5, 0.6) is 5.75 Å². The van der Waals surface area contributed by atoms with Gasteiger partial charge in [0.15, 0.2) is 0 Å². The molecular formula is C23H36BrN3O2. The Balaban J connectivity index is 1.34. The van der Waals surface area contributed by atoms with Crippen molar-refractivity contribution >= 4 is 22.0 Å². The number of likely N-dealkylation sites (tertiary alicyclic amines) is 2. The van der Waals surface area contributed by atoms with Gasteiger partial charge in [-0.1, -0.05) is 15.9 Å². The minimum Gasteiger partial charge on any atom is -0.497 e. The Kier molecular flexibility index (Phi) is 8.67. The fraction of sp³-hybridized carbons (Fsp3) is 0.696. The second-order valence-corrected chi connectivity index (χ2v) is 9.38. The molecule has 2 aliphatic rings. The third-order valence-corrected chi connectivity index (χ3v) is 7.22. The minimum atomic E-state index is 0.108. The monoisotopic (exact) mass is 465 g/mol. The van der Waals surface area contributed by atoms with Gasteiger partial charge in [0, 0.05) is 30.7 Å². The van der Waals surface area contributed by atoms with Crippen LogP contribution in [0.4, 0.5) is 4.79 Å². The lowest BCUT2D eigenvalue weighted by molar-refractivity contribution is 0.166. The maximum Gasteiger partial charge on any atom is 0.317 e. The summed E-state index contributed by atoms with van der Waals surface area (Å²) in [5.41, 5.74) is 1.36. The van der Waals surface area contributed by atoms with Gasteiger partial charge < -0.3 is 19.9 Å². The summed E-state index contributed by atoms with van der Waals surface area (Å²) in [5.74, 6) is 2.46. The first-order valence-corrected chi connectivity index (χ1v) is 12.0. The molecule has 2 saturated heterocycles. The van der Waals surface area contributed by atoms with Gasteiger partial charge in [0.2, 0.25) is 0 Å². The first-order chi connectivity index (χ1) is 14.1. The molecule has 2 heterocycles. The zero-order valence-electron chi connectivity index (χ0n) is 18.0. The van der Waals surface area contributed by atoms with Gasteiger partial charge in [0.25, 0.3) is 0 Å². The van der Waals surface area contributed by atoms with Crippen LogP contribution in [0.1, 0.15) is 44.6 Å². The standard InChI is InChI=1S/C23H36BrN3O2/c1-3-25-23(28)27-13-9-18(10-14-27)5-4-11-26-12-8-19(17-26)15-20-16-21(29-2)6-7-22(20)24/h6-7,16,18-19H,3-5,8-15,17H2,1-2H3,(H,25,28). The number of piperidine rings is 1. The summed E-state index contributed by atoms with van der Waals surface area (Å²) in [6, 6.07) is 6.38. The van der Waals surface area contributed by atoms with Crippen molar-refractivity contribution in [1.82, 2.24) is 15.1 Å². The normalized spacial score (nSPS) is 20.8. The van der Waals surface area contributed by atoms with Crippen molar-refractivity contribution < 1.29 is 9.53 Å². The summed E-state index contributed by atoms with van der Waals surface area (Å²) in [5, 5.41) is 2.91. The van der Waals surface area contributed by atoms with E-state index in [0.717, 1.165) is 49.9 Å². The maximum absolute atomic E-state index is 11.9. The van der Waals surface area contributed by atoms with Crippen LogP contribution in [-0.2, 0) is 6.42 Å². The van der Waals surface area contributed by atoms with E-state index in [1.807, 2.05) is 17.9 Å². The van der Waals surface area contributed by atoms with Crippen LogP contribution < -0.4 is 10.1 Å². The highest BCUT2D eigenvalue weighted by atomic mass is 79.9. The molecule has 6 heteroatoms. The molecule has 0 bridgehead atoms. The maximum atomic E-state index is 11.9. The van der Waals surface area contributed by atoms with Gasteiger partial charge in [0.1, 0.15) is 5.75 Å². The summed E-state index contributed by atoms with van der Waals surface area (Å²) in [6.07, 6.45) is 7.29. The number of carbonyl (C=O) groups is 1. The van der Waals surface area contributed by atoms with Gasteiger partial charge in [-0.25, -0.2) is 4.79 Å². The van der Waals surface area contributed by atoms with E-state index < -0.39 is 0 Å². The summed E-state index contributed by atoms with van der Waals surface area (Å²) in [4.78, 5) is 16.5. The second kappa shape index (κ2) is 11.2. The lowest BCUT2D eigenvalue weighted by Crippen LogP contribution is -2.44. The van der Waals surface area contributed by atoms with E-state index >= 15 is 0 Å². The molecule has 2 fully saturated rings. The number of hydrogen-bond donors (Lipinski definition) is 1. The van der Waals surface area contributed by atoms with Gasteiger partial charge in [-0.05, 0) is 94.1 Å². The average Bonchev–Trinajstić information content (AvgIpc) is 3.17. The second-order valence-electron chi connectivity index (χ2n) is 8.52. The van der Waals surface area contributed by atoms with E-state index in [0.29, 0.717) is 6.54 Å². The van der Waals surface area contributed by atoms with E-state index in [1.54, 1.807) is 7.11 Å². The van der Waals surface area contributed by atoms with E-state index in [1.165, 1.54) is 48.9 Å². The zero-order chi connectivity index (χ0) is 20.6. The highest BCUT2D eigenvalue weighted by molar-refractivity contribution is 9.10. The molecule has 2 aliphatic heterocycles. The Labute approximate surface area is 184 Å². The smallest absolute Gasteiger partial charge is 0.317 e. The molecule has 1 aromatic rings. The van der Waals surface area contributed by atoms with Gasteiger partial charge in [-0.2, -0.15) is 0 Å². The van der Waals surface area contributed by atoms with Crippen LogP contribution in [-0.4, -0.2) is 62.2 Å². The van der Waals surface area contributed by atoms with Crippen molar-refractivity contribution in [2.75, 3.05) is 46.4 Å². The first-order valence-electron chi connectivity index (χ1n) is 11.2. The van der Waals surface area contributed by atoms with Crippen molar-refractivity contribution in [2.24, 2.45) is 11.8 Å². The van der Waals surface area contributed by atoms with Gasteiger partial charge in [-0.15, -0.1) is 0 Å². The van der Waals surface area contributed by atoms with Crippen LogP contribution in [0.2, 0.25) is 0 Å². The molecular weight excluding hydrogens is 430 g/mol. The van der Waals surface area contributed by atoms with Crippen LogP contribution in [0, 0.1) is 11.8 Å². The van der Waals surface area contributed by atoms with Crippen molar-refractivity contribution in [2.45, 2.75) is 45.4 Å². The minimum absolute atomic E-state index is 0.108. The number of nitrogens with one attached hydrogen (secondary N) is 1. The molecule has 0 spiro atoms. The largest absolute Gasteiger partial charge is 0.497 e. The number of amides is 2. The number of rotatable bonds is 8. The molecule has 0 radical (unpaired) electrons. The number of hydrogen-bond acceptors (Lipinski definition) is 3. The molecule has 1 N–H and O–H groups in total. The number of ether oxygens (including phenoxy) is 1. The lowest BCUT2D eigenvalue weighted by atomic mass is 9.92. The van der Waals surface area contributed by atoms with Gasteiger partial charge >= 0.3 is 6.03 Å². The molecule has 0 aromatic heterocycles. The molecule has 0 saturated carbocycles. The predicted molar refractivity (Wildman–Crippen MR) is 122 cm³/mol. The Bertz CT molecular complexity index is 662. The molecule has 1 atom stereocenters. The number of carbonyl (C=O) groups excluding carboxylic acids is 1. The van der Waals surface area contributed by atoms with Crippen molar-refractivity contribution in [3.05, 3.63) is 28.2 Å². The van der Waals surface area contributed by atoms with Crippen LogP contribution in [0.15, 0.2) is 22.7 Å². The molecule has 3 rings (SSSR count). The summed E-state index contributed by atoms with van der Waals surface area (Å²) < 4.78 is 6.57. The number of nitrogens with zero attached hydrogens (tertiary/aromatic N) is 2. The zero-order valence-corrected chi connectivity index (χ0v) is 19.5. The Hall–Kier alpha value is -1.27. The number of benzene rings is 1. The third-order valence-electron chi connectivity index (χ3n) is 6.45. The quantitative estimate of drug-likeness (QED) is 0.612. The predicted octanol–water partition coefficient (Wildman–Crippen LogP) is 4.54. The number of halogens is 1. The highest BCUT2D eigenvalue weighted by Gasteiger charge is 2.25. The SMILES string of the molecule is CCNC(=O)N1CCC(CCCN2CCC(Cc3cc(OC)ccc3Br)C2)CC1. The lowest BCUT2D eigenvalue weighted by Gasteiger charge is -2.32. The fourth-order valence-electron chi connectivity index (χ4n) is 4.72. The Morgan fingerprint density at radius 2 is 1.97 bits per heavy atom. The first kappa shape index (κ1) is 22.4. The molecule has 1 unspecified atom stereocenters. The van der Waals surface area contributed by atoms with Gasteiger partial charge in [0.05, 0.1) is 7.11 Å². The van der Waals surface area contributed by atoms with E-state index in [4.69, 9.17) is 4.74 Å². The summed E-state index contributed by atoms with van der Waals surface area (Å²) in [7, 11) is 1.73. The molecule has 5 nitrogen and oxygen atoms in total. The Morgan fingerprint density at radius 1 is 1.21 bits per heavy atom. The summed E-state index contributed by atoms with van der Waals surface area (Å²) in [6.45, 7) is 8.16. The summed E-state index contributed by atoms with van der Waals surface area (Å²) >= 11 is 3.69. The van der Waals surface area contributed by atoms with E-state index in [2.05, 4.69) is 38.3 Å². The van der Waals surface area contributed by atoms with Crippen molar-refractivity contribution in [3.63, 3.8) is 0 Å². The molecule has 162 valence electrons.